The van der Waals surface area contributed by atoms with Gasteiger partial charge in [-0.05, 0) is 31.2 Å². The lowest BCUT2D eigenvalue weighted by Crippen LogP contribution is -2.54. The molecular weight excluding hydrogens is 416 g/mol. The number of anilines is 1. The van der Waals surface area contributed by atoms with Gasteiger partial charge in [0.05, 0.1) is 35.9 Å². The van der Waals surface area contributed by atoms with E-state index in [1.165, 1.54) is 29.2 Å². The van der Waals surface area contributed by atoms with Gasteiger partial charge in [-0.2, -0.15) is 5.26 Å². The molecule has 0 aliphatic carbocycles. The second-order valence-electron chi connectivity index (χ2n) is 6.73. The lowest BCUT2D eigenvalue weighted by Gasteiger charge is -2.30. The molecule has 0 saturated heterocycles. The standard InChI is InChI=1S/C22H20N4O4S/c1-2-30-18(27)11-12-25-19(20(28)15-9-7-14(13-23)8-10-15)22(31)26(24)17-6-4-3-5-16(17)21(25)29/h3-10,19H,2,11-12,24H2,1H3. The molecule has 8 nitrogen and oxygen atoms in total. The molecule has 0 spiro atoms. The third kappa shape index (κ3) is 4.45. The van der Waals surface area contributed by atoms with Gasteiger partial charge in [-0.3, -0.25) is 19.4 Å². The summed E-state index contributed by atoms with van der Waals surface area (Å²) in [6.07, 6.45) is -0.105. The SMILES string of the molecule is CCOC(=O)CCN1C(=O)c2ccccc2N(N)C(=S)C1C(=O)c1ccc(C#N)cc1. The highest BCUT2D eigenvalue weighted by Crippen LogP contribution is 2.28. The lowest BCUT2D eigenvalue weighted by atomic mass is 10.0. The molecule has 1 unspecified atom stereocenters. The first kappa shape index (κ1) is 22.1. The Morgan fingerprint density at radius 3 is 2.52 bits per heavy atom. The minimum atomic E-state index is -1.21. The Balaban J connectivity index is 2.04. The van der Waals surface area contributed by atoms with E-state index in [1.807, 2.05) is 6.07 Å². The molecule has 2 N–H and O–H groups in total. The molecule has 1 aliphatic rings. The molecule has 31 heavy (non-hydrogen) atoms. The van der Waals surface area contributed by atoms with Crippen LogP contribution in [0, 0.1) is 11.3 Å². The Labute approximate surface area is 184 Å². The van der Waals surface area contributed by atoms with Crippen molar-refractivity contribution in [3.05, 3.63) is 65.2 Å². The van der Waals surface area contributed by atoms with Crippen molar-refractivity contribution >= 4 is 40.6 Å². The molecule has 1 atom stereocenters. The molecule has 3 rings (SSSR count). The van der Waals surface area contributed by atoms with Crippen molar-refractivity contribution in [1.29, 1.82) is 5.26 Å². The van der Waals surface area contributed by atoms with Gasteiger partial charge in [-0.25, -0.2) is 5.84 Å². The Hall–Kier alpha value is -3.61. The summed E-state index contributed by atoms with van der Waals surface area (Å²) in [6, 6.07) is 13.4. The minimum absolute atomic E-state index is 0.0246. The average Bonchev–Trinajstić information content (AvgIpc) is 2.87. The molecule has 0 fully saturated rings. The highest BCUT2D eigenvalue weighted by Gasteiger charge is 2.40. The Kier molecular flexibility index (Phi) is 6.74. The Bertz CT molecular complexity index is 1080. The fourth-order valence-electron chi connectivity index (χ4n) is 3.32. The number of hydrogen-bond donors (Lipinski definition) is 1. The van der Waals surface area contributed by atoms with Crippen LogP contribution < -0.4 is 10.9 Å². The van der Waals surface area contributed by atoms with Crippen LogP contribution in [0.4, 0.5) is 5.69 Å². The number of nitrogens with zero attached hydrogens (tertiary/aromatic N) is 3. The van der Waals surface area contributed by atoms with Crippen molar-refractivity contribution in [2.75, 3.05) is 18.2 Å². The topological polar surface area (TPSA) is 117 Å². The fraction of sp³-hybridized carbons (Fsp3) is 0.227. The van der Waals surface area contributed by atoms with E-state index in [0.29, 0.717) is 11.3 Å². The summed E-state index contributed by atoms with van der Waals surface area (Å²) >= 11 is 5.52. The quantitative estimate of drug-likeness (QED) is 0.317. The number of Topliss-reactive ketones (excluding diaryl/α,β-unsaturated/α-hetero) is 1. The predicted molar refractivity (Wildman–Crippen MR) is 117 cm³/mol. The molecule has 0 bridgehead atoms. The molecule has 2 aromatic rings. The second kappa shape index (κ2) is 9.47. The van der Waals surface area contributed by atoms with Crippen LogP contribution in [0.2, 0.25) is 0 Å². The largest absolute Gasteiger partial charge is 0.466 e. The Morgan fingerprint density at radius 1 is 1.19 bits per heavy atom. The molecule has 9 heteroatoms. The maximum Gasteiger partial charge on any atom is 0.307 e. The molecule has 0 saturated carbocycles. The summed E-state index contributed by atoms with van der Waals surface area (Å²) in [5.74, 6) is 4.77. The number of para-hydroxylation sites is 1. The number of carbonyl (C=O) groups is 3. The summed E-state index contributed by atoms with van der Waals surface area (Å²) in [7, 11) is 0. The number of hydrogen-bond acceptors (Lipinski definition) is 7. The number of benzene rings is 2. The van der Waals surface area contributed by atoms with Crippen molar-refractivity contribution in [3.8, 4) is 6.07 Å². The zero-order valence-corrected chi connectivity index (χ0v) is 17.6. The van der Waals surface area contributed by atoms with Crippen LogP contribution in [0.5, 0.6) is 0 Å². The summed E-state index contributed by atoms with van der Waals surface area (Å²) in [5.41, 5.74) is 1.29. The van der Waals surface area contributed by atoms with E-state index < -0.39 is 23.7 Å². The van der Waals surface area contributed by atoms with Crippen LogP contribution in [0.1, 0.15) is 39.6 Å². The van der Waals surface area contributed by atoms with Crippen LogP contribution in [0.25, 0.3) is 0 Å². The van der Waals surface area contributed by atoms with E-state index in [2.05, 4.69) is 0 Å². The van der Waals surface area contributed by atoms with Gasteiger partial charge in [-0.15, -0.1) is 0 Å². The van der Waals surface area contributed by atoms with Crippen LogP contribution in [0.3, 0.4) is 0 Å². The number of ether oxygens (including phenoxy) is 1. The number of fused-ring (bicyclic) bond motifs is 1. The van der Waals surface area contributed by atoms with Gasteiger partial charge in [0.15, 0.2) is 5.78 Å². The number of esters is 1. The molecule has 1 amide bonds. The maximum atomic E-state index is 13.4. The molecule has 2 aromatic carbocycles. The van der Waals surface area contributed by atoms with E-state index in [1.54, 1.807) is 31.2 Å². The van der Waals surface area contributed by atoms with E-state index in [4.69, 9.17) is 28.1 Å². The summed E-state index contributed by atoms with van der Waals surface area (Å²) in [4.78, 5) is 40.0. The third-order valence-corrected chi connectivity index (χ3v) is 5.27. The van der Waals surface area contributed by atoms with Crippen LogP contribution >= 0.6 is 12.2 Å². The second-order valence-corrected chi connectivity index (χ2v) is 7.15. The van der Waals surface area contributed by atoms with Gasteiger partial charge < -0.3 is 9.64 Å². The van der Waals surface area contributed by atoms with Gasteiger partial charge in [0.2, 0.25) is 0 Å². The summed E-state index contributed by atoms with van der Waals surface area (Å²) < 4.78 is 4.96. The van der Waals surface area contributed by atoms with Gasteiger partial charge in [0.1, 0.15) is 11.0 Å². The predicted octanol–water partition coefficient (Wildman–Crippen LogP) is 2.23. The first-order chi connectivity index (χ1) is 14.9. The van der Waals surface area contributed by atoms with E-state index in [9.17, 15) is 14.4 Å². The van der Waals surface area contributed by atoms with Crippen molar-refractivity contribution in [2.24, 2.45) is 5.84 Å². The molecule has 158 valence electrons. The molecule has 1 heterocycles. The number of rotatable bonds is 6. The first-order valence-corrected chi connectivity index (χ1v) is 9.98. The van der Waals surface area contributed by atoms with Crippen molar-refractivity contribution < 1.29 is 19.1 Å². The monoisotopic (exact) mass is 436 g/mol. The van der Waals surface area contributed by atoms with Crippen LogP contribution in [0.15, 0.2) is 48.5 Å². The maximum absolute atomic E-state index is 13.4. The minimum Gasteiger partial charge on any atom is -0.466 e. The van der Waals surface area contributed by atoms with Crippen LogP contribution in [-0.2, 0) is 9.53 Å². The highest BCUT2D eigenvalue weighted by molar-refractivity contribution is 7.80. The molecular formula is C22H20N4O4S. The van der Waals surface area contributed by atoms with Gasteiger partial charge in [-0.1, -0.05) is 36.5 Å². The normalized spacial score (nSPS) is 15.7. The molecule has 1 aliphatic heterocycles. The van der Waals surface area contributed by atoms with E-state index >= 15 is 0 Å². The number of amides is 1. The number of carbonyl (C=O) groups excluding carboxylic acids is 3. The van der Waals surface area contributed by atoms with E-state index in [0.717, 1.165) is 5.01 Å². The zero-order valence-electron chi connectivity index (χ0n) is 16.8. The molecule has 0 radical (unpaired) electrons. The van der Waals surface area contributed by atoms with Crippen molar-refractivity contribution in [3.63, 3.8) is 0 Å². The summed E-state index contributed by atoms with van der Waals surface area (Å²) in [5, 5.41) is 10.1. The van der Waals surface area contributed by atoms with Gasteiger partial charge >= 0.3 is 5.97 Å². The average molecular weight is 436 g/mol. The number of ketones is 1. The number of nitrogens with two attached hydrogens (primary N) is 1. The number of thiocarbonyl (C=S) groups is 1. The van der Waals surface area contributed by atoms with Crippen molar-refractivity contribution in [2.45, 2.75) is 19.4 Å². The molecule has 0 aromatic heterocycles. The first-order valence-electron chi connectivity index (χ1n) is 9.57. The van der Waals surface area contributed by atoms with E-state index in [-0.39, 0.29) is 35.7 Å². The fourth-order valence-corrected chi connectivity index (χ4v) is 3.65. The van der Waals surface area contributed by atoms with Crippen molar-refractivity contribution in [1.82, 2.24) is 4.90 Å². The number of hydrazine groups is 1. The van der Waals surface area contributed by atoms with Gasteiger partial charge in [0, 0.05) is 12.1 Å². The zero-order chi connectivity index (χ0) is 22.5. The third-order valence-electron chi connectivity index (χ3n) is 4.85. The van der Waals surface area contributed by atoms with Crippen LogP contribution in [-0.4, -0.2) is 46.7 Å². The highest BCUT2D eigenvalue weighted by atomic mass is 32.1. The smallest absolute Gasteiger partial charge is 0.307 e. The number of nitriles is 1. The Morgan fingerprint density at radius 2 is 1.87 bits per heavy atom. The summed E-state index contributed by atoms with van der Waals surface area (Å²) in [6.45, 7) is 1.81. The lowest BCUT2D eigenvalue weighted by molar-refractivity contribution is -0.143. The van der Waals surface area contributed by atoms with Gasteiger partial charge in [0.25, 0.3) is 5.91 Å².